The van der Waals surface area contributed by atoms with E-state index in [9.17, 15) is 13.2 Å². The molecule has 0 unspecified atom stereocenters. The molecule has 0 saturated carbocycles. The van der Waals surface area contributed by atoms with Crippen LogP contribution >= 0.6 is 0 Å². The first-order chi connectivity index (χ1) is 8.97. The number of sulfonamides is 1. The summed E-state index contributed by atoms with van der Waals surface area (Å²) < 4.78 is 27.2. The van der Waals surface area contributed by atoms with Gasteiger partial charge < -0.3 is 9.73 Å². The highest BCUT2D eigenvalue weighted by molar-refractivity contribution is 7.89. The first-order valence-corrected chi connectivity index (χ1v) is 6.93. The van der Waals surface area contributed by atoms with E-state index in [-0.39, 0.29) is 16.4 Å². The van der Waals surface area contributed by atoms with Crippen LogP contribution in [0.4, 0.5) is 0 Å². The molecule has 0 spiro atoms. The van der Waals surface area contributed by atoms with E-state index in [1.54, 1.807) is 6.07 Å². The Kier molecular flexibility index (Phi) is 3.68. The quantitative estimate of drug-likeness (QED) is 0.866. The van der Waals surface area contributed by atoms with Gasteiger partial charge in [0.1, 0.15) is 0 Å². The molecule has 1 amide bonds. The third-order valence-electron chi connectivity index (χ3n) is 2.46. The summed E-state index contributed by atoms with van der Waals surface area (Å²) in [6.07, 6.45) is 3.02. The molecule has 100 valence electrons. The number of nitrogens with one attached hydrogen (secondary N) is 1. The number of carbonyl (C=O) groups is 1. The highest BCUT2D eigenvalue weighted by Crippen LogP contribution is 2.10. The molecule has 19 heavy (non-hydrogen) atoms. The second-order valence-electron chi connectivity index (χ2n) is 3.89. The summed E-state index contributed by atoms with van der Waals surface area (Å²) in [5.41, 5.74) is 1.05. The van der Waals surface area contributed by atoms with E-state index in [1.165, 1.54) is 36.8 Å². The Morgan fingerprint density at radius 2 is 2.11 bits per heavy atom. The maximum atomic E-state index is 11.8. The van der Waals surface area contributed by atoms with E-state index in [1.807, 2.05) is 0 Å². The van der Waals surface area contributed by atoms with Gasteiger partial charge in [0.25, 0.3) is 5.91 Å². The average Bonchev–Trinajstić information content (AvgIpc) is 2.88. The Labute approximate surface area is 110 Å². The van der Waals surface area contributed by atoms with Gasteiger partial charge in [-0.2, -0.15) is 0 Å². The molecule has 2 rings (SSSR count). The van der Waals surface area contributed by atoms with Crippen LogP contribution in [0.15, 0.2) is 52.2 Å². The van der Waals surface area contributed by atoms with Gasteiger partial charge in [0.15, 0.2) is 0 Å². The molecule has 6 nitrogen and oxygen atoms in total. The van der Waals surface area contributed by atoms with Gasteiger partial charge in [-0.1, -0.05) is 6.07 Å². The molecule has 1 aromatic carbocycles. The summed E-state index contributed by atoms with van der Waals surface area (Å²) in [6.45, 7) is 0.301. The molecule has 2 aromatic rings. The van der Waals surface area contributed by atoms with E-state index in [4.69, 9.17) is 9.56 Å². The van der Waals surface area contributed by atoms with E-state index < -0.39 is 10.0 Å². The zero-order chi connectivity index (χ0) is 13.9. The van der Waals surface area contributed by atoms with Gasteiger partial charge in [0, 0.05) is 17.7 Å². The van der Waals surface area contributed by atoms with Gasteiger partial charge in [-0.3, -0.25) is 4.79 Å². The van der Waals surface area contributed by atoms with Crippen LogP contribution in [0.5, 0.6) is 0 Å². The van der Waals surface area contributed by atoms with Gasteiger partial charge >= 0.3 is 0 Å². The van der Waals surface area contributed by atoms with Crippen molar-refractivity contribution in [3.8, 4) is 0 Å². The Bertz CT molecular complexity index is 678. The molecular weight excluding hydrogens is 268 g/mol. The summed E-state index contributed by atoms with van der Waals surface area (Å²) in [5.74, 6) is -0.383. The van der Waals surface area contributed by atoms with Crippen molar-refractivity contribution in [2.45, 2.75) is 11.4 Å². The van der Waals surface area contributed by atoms with Crippen LogP contribution < -0.4 is 10.5 Å². The van der Waals surface area contributed by atoms with Crippen molar-refractivity contribution < 1.29 is 17.6 Å². The van der Waals surface area contributed by atoms with Crippen molar-refractivity contribution in [2.75, 3.05) is 0 Å². The second kappa shape index (κ2) is 5.25. The number of hydrogen-bond acceptors (Lipinski definition) is 4. The molecule has 1 aromatic heterocycles. The van der Waals surface area contributed by atoms with Gasteiger partial charge in [0.2, 0.25) is 10.0 Å². The van der Waals surface area contributed by atoms with Crippen LogP contribution in [0.25, 0.3) is 0 Å². The molecule has 3 N–H and O–H groups in total. The Hall–Kier alpha value is -2.12. The van der Waals surface area contributed by atoms with Gasteiger partial charge in [-0.25, -0.2) is 13.6 Å². The fourth-order valence-electron chi connectivity index (χ4n) is 1.49. The minimum Gasteiger partial charge on any atom is -0.472 e. The zero-order valence-electron chi connectivity index (χ0n) is 9.87. The topological polar surface area (TPSA) is 102 Å². The fraction of sp³-hybridized carbons (Fsp3) is 0.0833. The molecule has 0 atom stereocenters. The van der Waals surface area contributed by atoms with Crippen molar-refractivity contribution in [1.29, 1.82) is 0 Å². The van der Waals surface area contributed by atoms with E-state index in [0.717, 1.165) is 5.56 Å². The Morgan fingerprint density at radius 1 is 1.32 bits per heavy atom. The number of benzene rings is 1. The average molecular weight is 280 g/mol. The molecule has 0 radical (unpaired) electrons. The molecule has 0 fully saturated rings. The summed E-state index contributed by atoms with van der Waals surface area (Å²) in [4.78, 5) is 11.7. The molecule has 0 aliphatic rings. The third-order valence-corrected chi connectivity index (χ3v) is 3.37. The molecule has 0 saturated heterocycles. The lowest BCUT2D eigenvalue weighted by molar-refractivity contribution is 0.0950. The zero-order valence-corrected chi connectivity index (χ0v) is 10.7. The van der Waals surface area contributed by atoms with Crippen molar-refractivity contribution in [1.82, 2.24) is 5.32 Å². The molecule has 0 aliphatic heterocycles. The summed E-state index contributed by atoms with van der Waals surface area (Å²) in [5, 5.41) is 7.65. The number of nitrogens with two attached hydrogens (primary N) is 1. The number of hydrogen-bond donors (Lipinski definition) is 2. The van der Waals surface area contributed by atoms with Crippen LogP contribution in [0.2, 0.25) is 0 Å². The molecule has 1 heterocycles. The van der Waals surface area contributed by atoms with Crippen LogP contribution in [0.3, 0.4) is 0 Å². The monoisotopic (exact) mass is 280 g/mol. The Morgan fingerprint density at radius 3 is 2.74 bits per heavy atom. The first-order valence-electron chi connectivity index (χ1n) is 5.39. The van der Waals surface area contributed by atoms with Gasteiger partial charge in [-0.15, -0.1) is 0 Å². The predicted octanol–water partition coefficient (Wildman–Crippen LogP) is 0.857. The number of carbonyl (C=O) groups excluding carboxylic acids is 1. The second-order valence-corrected chi connectivity index (χ2v) is 5.45. The SMILES string of the molecule is NS(=O)(=O)c1cccc(C(=O)NCc2ccoc2)c1. The maximum absolute atomic E-state index is 11.8. The predicted molar refractivity (Wildman–Crippen MR) is 67.7 cm³/mol. The van der Waals surface area contributed by atoms with Crippen LogP contribution in [-0.2, 0) is 16.6 Å². The smallest absolute Gasteiger partial charge is 0.251 e. The normalized spacial score (nSPS) is 11.2. The molecule has 0 bridgehead atoms. The summed E-state index contributed by atoms with van der Waals surface area (Å²) in [7, 11) is -3.81. The highest BCUT2D eigenvalue weighted by atomic mass is 32.2. The standard InChI is InChI=1S/C12H12N2O4S/c13-19(16,17)11-3-1-2-10(6-11)12(15)14-7-9-4-5-18-8-9/h1-6,8H,7H2,(H,14,15)(H2,13,16,17). The highest BCUT2D eigenvalue weighted by Gasteiger charge is 2.11. The lowest BCUT2D eigenvalue weighted by Gasteiger charge is -2.05. The van der Waals surface area contributed by atoms with Crippen LogP contribution in [0, 0.1) is 0 Å². The number of rotatable bonds is 4. The van der Waals surface area contributed by atoms with E-state index in [2.05, 4.69) is 5.32 Å². The minimum atomic E-state index is -3.81. The van der Waals surface area contributed by atoms with E-state index in [0.29, 0.717) is 6.54 Å². The van der Waals surface area contributed by atoms with Crippen molar-refractivity contribution >= 4 is 15.9 Å². The van der Waals surface area contributed by atoms with Crippen molar-refractivity contribution in [3.63, 3.8) is 0 Å². The summed E-state index contributed by atoms with van der Waals surface area (Å²) >= 11 is 0. The van der Waals surface area contributed by atoms with Crippen LogP contribution in [-0.4, -0.2) is 14.3 Å². The lowest BCUT2D eigenvalue weighted by Crippen LogP contribution is -2.23. The fourth-order valence-corrected chi connectivity index (χ4v) is 2.05. The first kappa shape index (κ1) is 13.3. The molecule has 7 heteroatoms. The molecular formula is C12H12N2O4S. The largest absolute Gasteiger partial charge is 0.472 e. The van der Waals surface area contributed by atoms with Gasteiger partial charge in [0.05, 0.1) is 17.4 Å². The van der Waals surface area contributed by atoms with E-state index >= 15 is 0 Å². The minimum absolute atomic E-state index is 0.0940. The Balaban J connectivity index is 2.11. The maximum Gasteiger partial charge on any atom is 0.251 e. The van der Waals surface area contributed by atoms with Crippen LogP contribution in [0.1, 0.15) is 15.9 Å². The number of furan rings is 1. The van der Waals surface area contributed by atoms with Crippen molar-refractivity contribution in [3.05, 3.63) is 54.0 Å². The third kappa shape index (κ3) is 3.43. The number of primary sulfonamides is 1. The summed E-state index contributed by atoms with van der Waals surface area (Å²) in [6, 6.07) is 7.27. The van der Waals surface area contributed by atoms with Gasteiger partial charge in [-0.05, 0) is 24.3 Å². The molecule has 0 aliphatic carbocycles. The van der Waals surface area contributed by atoms with Crippen molar-refractivity contribution in [2.24, 2.45) is 5.14 Å². The lowest BCUT2D eigenvalue weighted by atomic mass is 10.2. The number of amides is 1.